The first kappa shape index (κ1) is 15.8. The number of nitrogens with one attached hydrogen (secondary N) is 1. The van der Waals surface area contributed by atoms with Crippen LogP contribution in [0, 0.1) is 5.92 Å². The van der Waals surface area contributed by atoms with Crippen molar-refractivity contribution in [1.82, 2.24) is 15.1 Å². The first-order chi connectivity index (χ1) is 11.5. The van der Waals surface area contributed by atoms with Gasteiger partial charge in [-0.15, -0.1) is 0 Å². The Morgan fingerprint density at radius 3 is 2.54 bits per heavy atom. The number of amides is 1. The third-order valence-corrected chi connectivity index (χ3v) is 5.78. The number of halogens is 1. The van der Waals surface area contributed by atoms with E-state index in [1.165, 1.54) is 0 Å². The Bertz CT molecular complexity index is 744. The minimum atomic E-state index is -0.433. The molecule has 1 aromatic carbocycles. The van der Waals surface area contributed by atoms with E-state index in [9.17, 15) is 9.90 Å². The summed E-state index contributed by atoms with van der Waals surface area (Å²) in [6.07, 6.45) is 3.61. The van der Waals surface area contributed by atoms with Gasteiger partial charge < -0.3 is 10.0 Å². The number of nitrogens with zero attached hydrogens (tertiary/aromatic N) is 2. The second kappa shape index (κ2) is 6.01. The molecule has 126 valence electrons. The molecule has 0 bridgehead atoms. The number of likely N-dealkylation sites (tertiary alicyclic amines) is 1. The molecule has 5 nitrogen and oxygen atoms in total. The molecule has 1 saturated carbocycles. The second-order valence-corrected chi connectivity index (χ2v) is 7.76. The topological polar surface area (TPSA) is 69.2 Å². The third kappa shape index (κ3) is 3.00. The molecule has 2 aromatic rings. The van der Waals surface area contributed by atoms with Crippen molar-refractivity contribution in [3.63, 3.8) is 0 Å². The largest absolute Gasteiger partial charge is 0.390 e. The van der Waals surface area contributed by atoms with E-state index in [-0.39, 0.29) is 5.91 Å². The van der Waals surface area contributed by atoms with Crippen LogP contribution in [0.15, 0.2) is 34.8 Å². The summed E-state index contributed by atoms with van der Waals surface area (Å²) in [4.78, 5) is 14.5. The lowest BCUT2D eigenvalue weighted by molar-refractivity contribution is 0.0338. The van der Waals surface area contributed by atoms with Crippen LogP contribution in [0.1, 0.15) is 36.2 Å². The summed E-state index contributed by atoms with van der Waals surface area (Å²) in [5, 5.41) is 17.4. The van der Waals surface area contributed by atoms with Gasteiger partial charge in [0.2, 0.25) is 0 Å². The number of benzene rings is 1. The lowest BCUT2D eigenvalue weighted by Gasteiger charge is -2.34. The van der Waals surface area contributed by atoms with Crippen molar-refractivity contribution in [2.45, 2.75) is 31.3 Å². The summed E-state index contributed by atoms with van der Waals surface area (Å²) in [6.45, 7) is 1.41. The fourth-order valence-electron chi connectivity index (χ4n) is 3.53. The lowest BCUT2D eigenvalue weighted by atomic mass is 9.89. The SMILES string of the molecule is O=C(c1cc(-c2ccc(Br)cc2)n[nH]1)N1CCC(C2(O)CC2)CC1. The van der Waals surface area contributed by atoms with Crippen LogP contribution >= 0.6 is 15.9 Å². The quantitative estimate of drug-likeness (QED) is 0.846. The van der Waals surface area contributed by atoms with Gasteiger partial charge in [-0.25, -0.2) is 0 Å². The second-order valence-electron chi connectivity index (χ2n) is 6.84. The minimum Gasteiger partial charge on any atom is -0.390 e. The zero-order valence-electron chi connectivity index (χ0n) is 13.3. The van der Waals surface area contributed by atoms with E-state index in [2.05, 4.69) is 26.1 Å². The van der Waals surface area contributed by atoms with E-state index in [4.69, 9.17) is 0 Å². The summed E-state index contributed by atoms with van der Waals surface area (Å²) in [6, 6.07) is 9.66. The molecule has 1 amide bonds. The third-order valence-electron chi connectivity index (χ3n) is 5.25. The van der Waals surface area contributed by atoms with Crippen LogP contribution in [0.25, 0.3) is 11.3 Å². The van der Waals surface area contributed by atoms with Crippen molar-refractivity contribution in [1.29, 1.82) is 0 Å². The van der Waals surface area contributed by atoms with Gasteiger partial charge in [-0.1, -0.05) is 28.1 Å². The van der Waals surface area contributed by atoms with Crippen LogP contribution in [0.4, 0.5) is 0 Å². The number of rotatable bonds is 3. The van der Waals surface area contributed by atoms with Crippen molar-refractivity contribution in [2.75, 3.05) is 13.1 Å². The zero-order chi connectivity index (χ0) is 16.7. The number of carbonyl (C=O) groups excluding carboxylic acids is 1. The van der Waals surface area contributed by atoms with E-state index in [0.717, 1.165) is 41.4 Å². The van der Waals surface area contributed by atoms with Gasteiger partial charge in [-0.2, -0.15) is 5.10 Å². The predicted molar refractivity (Wildman–Crippen MR) is 94.5 cm³/mol. The smallest absolute Gasteiger partial charge is 0.271 e. The van der Waals surface area contributed by atoms with E-state index in [1.807, 2.05) is 35.2 Å². The average molecular weight is 390 g/mol. The molecule has 1 aliphatic heterocycles. The molecule has 0 radical (unpaired) electrons. The maximum absolute atomic E-state index is 12.7. The highest BCUT2D eigenvalue weighted by Gasteiger charge is 2.48. The zero-order valence-corrected chi connectivity index (χ0v) is 14.9. The van der Waals surface area contributed by atoms with Crippen molar-refractivity contribution < 1.29 is 9.90 Å². The molecule has 1 aromatic heterocycles. The molecule has 2 fully saturated rings. The molecule has 24 heavy (non-hydrogen) atoms. The van der Waals surface area contributed by atoms with Gasteiger partial charge >= 0.3 is 0 Å². The highest BCUT2D eigenvalue weighted by Crippen LogP contribution is 2.46. The van der Waals surface area contributed by atoms with Gasteiger partial charge in [0.1, 0.15) is 5.69 Å². The maximum Gasteiger partial charge on any atom is 0.271 e. The van der Waals surface area contributed by atoms with Crippen molar-refractivity contribution in [3.05, 3.63) is 40.5 Å². The van der Waals surface area contributed by atoms with Gasteiger partial charge in [0, 0.05) is 23.1 Å². The average Bonchev–Trinajstić information content (AvgIpc) is 3.17. The Kier molecular flexibility index (Phi) is 3.96. The van der Waals surface area contributed by atoms with Crippen LogP contribution in [0.5, 0.6) is 0 Å². The number of aromatic nitrogens is 2. The fourth-order valence-corrected chi connectivity index (χ4v) is 3.79. The maximum atomic E-state index is 12.7. The van der Waals surface area contributed by atoms with Crippen LogP contribution in [0.2, 0.25) is 0 Å². The van der Waals surface area contributed by atoms with Crippen molar-refractivity contribution in [3.8, 4) is 11.3 Å². The van der Waals surface area contributed by atoms with E-state index in [1.54, 1.807) is 0 Å². The molecule has 1 saturated heterocycles. The lowest BCUT2D eigenvalue weighted by Crippen LogP contribution is -2.42. The van der Waals surface area contributed by atoms with Gasteiger partial charge in [0.15, 0.2) is 0 Å². The first-order valence-electron chi connectivity index (χ1n) is 8.38. The summed E-state index contributed by atoms with van der Waals surface area (Å²) in [7, 11) is 0. The number of H-pyrrole nitrogens is 1. The first-order valence-corrected chi connectivity index (χ1v) is 9.17. The fraction of sp³-hybridized carbons (Fsp3) is 0.444. The molecular weight excluding hydrogens is 370 g/mol. The molecule has 2 aliphatic rings. The Morgan fingerprint density at radius 1 is 1.25 bits per heavy atom. The Hall–Kier alpha value is -1.66. The normalized spacial score (nSPS) is 20.2. The number of aliphatic hydroxyl groups is 1. The summed E-state index contributed by atoms with van der Waals surface area (Å²) in [5.41, 5.74) is 1.84. The predicted octanol–water partition coefficient (Wildman–Crippen LogP) is 3.22. The van der Waals surface area contributed by atoms with Crippen molar-refractivity contribution >= 4 is 21.8 Å². The van der Waals surface area contributed by atoms with Crippen molar-refractivity contribution in [2.24, 2.45) is 5.92 Å². The molecule has 0 atom stereocenters. The molecule has 0 unspecified atom stereocenters. The van der Waals surface area contributed by atoms with E-state index >= 15 is 0 Å². The molecule has 1 aliphatic carbocycles. The Labute approximate surface area is 149 Å². The Balaban J connectivity index is 1.43. The highest BCUT2D eigenvalue weighted by atomic mass is 79.9. The molecule has 4 rings (SSSR count). The standard InChI is InChI=1S/C18H20BrN3O2/c19-14-3-1-12(2-4-14)15-11-16(21-20-15)17(23)22-9-5-13(6-10-22)18(24)7-8-18/h1-4,11,13,24H,5-10H2,(H,20,21). The summed E-state index contributed by atoms with van der Waals surface area (Å²) < 4.78 is 1.01. The molecule has 2 heterocycles. The van der Waals surface area contributed by atoms with Gasteiger partial charge in [0.05, 0.1) is 11.3 Å². The van der Waals surface area contributed by atoms with Crippen LogP contribution in [-0.4, -0.2) is 44.8 Å². The van der Waals surface area contributed by atoms with Crippen LogP contribution < -0.4 is 0 Å². The number of hydrogen-bond acceptors (Lipinski definition) is 3. The van der Waals surface area contributed by atoms with Gasteiger partial charge in [-0.05, 0) is 49.8 Å². The Morgan fingerprint density at radius 2 is 1.92 bits per heavy atom. The number of aromatic amines is 1. The molecular formula is C18H20BrN3O2. The summed E-state index contributed by atoms with van der Waals surface area (Å²) in [5.74, 6) is 0.341. The van der Waals surface area contributed by atoms with Gasteiger partial charge in [-0.3, -0.25) is 9.89 Å². The highest BCUT2D eigenvalue weighted by molar-refractivity contribution is 9.10. The number of piperidine rings is 1. The number of hydrogen-bond donors (Lipinski definition) is 2. The molecule has 0 spiro atoms. The number of carbonyl (C=O) groups is 1. The van der Waals surface area contributed by atoms with Gasteiger partial charge in [0.25, 0.3) is 5.91 Å². The van der Waals surface area contributed by atoms with Crippen LogP contribution in [0.3, 0.4) is 0 Å². The monoisotopic (exact) mass is 389 g/mol. The van der Waals surface area contributed by atoms with Crippen LogP contribution in [-0.2, 0) is 0 Å². The van der Waals surface area contributed by atoms with E-state index < -0.39 is 5.60 Å². The summed E-state index contributed by atoms with van der Waals surface area (Å²) >= 11 is 3.41. The molecule has 2 N–H and O–H groups in total. The molecule has 6 heteroatoms. The van der Waals surface area contributed by atoms with E-state index in [0.29, 0.717) is 24.7 Å². The minimum absolute atomic E-state index is 0.00732.